The molecular weight excluding hydrogens is 200 g/mol. The second-order valence-corrected chi connectivity index (χ2v) is 4.17. The fourth-order valence-electron chi connectivity index (χ4n) is 2.04. The van der Waals surface area contributed by atoms with Crippen LogP contribution in [0.25, 0.3) is 0 Å². The van der Waals surface area contributed by atoms with E-state index >= 15 is 0 Å². The smallest absolute Gasteiger partial charge is 0.0952 e. The summed E-state index contributed by atoms with van der Waals surface area (Å²) in [5.74, 6) is 0. The quantitative estimate of drug-likeness (QED) is 0.827. The third kappa shape index (κ3) is 3.04. The molecule has 1 atom stereocenters. The SMILES string of the molecule is CNCCN1CCO[C@H](c2ccccc2)C1. The van der Waals surface area contributed by atoms with Gasteiger partial charge in [0, 0.05) is 26.2 Å². The Kier molecular flexibility index (Phi) is 4.34. The first-order valence-electron chi connectivity index (χ1n) is 5.93. The minimum atomic E-state index is 0.242. The summed E-state index contributed by atoms with van der Waals surface area (Å²) in [6.07, 6.45) is 0.242. The van der Waals surface area contributed by atoms with E-state index in [1.54, 1.807) is 0 Å². The van der Waals surface area contributed by atoms with Crippen LogP contribution in [0.3, 0.4) is 0 Å². The molecule has 88 valence electrons. The lowest BCUT2D eigenvalue weighted by Gasteiger charge is -2.33. The fourth-order valence-corrected chi connectivity index (χ4v) is 2.04. The van der Waals surface area contributed by atoms with Crippen LogP contribution in [-0.2, 0) is 4.74 Å². The zero-order chi connectivity index (χ0) is 11.2. The Balaban J connectivity index is 1.91. The Morgan fingerprint density at radius 3 is 2.94 bits per heavy atom. The van der Waals surface area contributed by atoms with Crippen molar-refractivity contribution in [1.82, 2.24) is 10.2 Å². The molecule has 0 bridgehead atoms. The van der Waals surface area contributed by atoms with E-state index in [9.17, 15) is 0 Å². The largest absolute Gasteiger partial charge is 0.371 e. The molecule has 3 heteroatoms. The number of ether oxygens (including phenoxy) is 1. The molecule has 0 spiro atoms. The minimum Gasteiger partial charge on any atom is -0.371 e. The first kappa shape index (κ1) is 11.6. The summed E-state index contributed by atoms with van der Waals surface area (Å²) in [5.41, 5.74) is 1.29. The van der Waals surface area contributed by atoms with Crippen molar-refractivity contribution >= 4 is 0 Å². The van der Waals surface area contributed by atoms with E-state index in [4.69, 9.17) is 4.74 Å². The summed E-state index contributed by atoms with van der Waals surface area (Å²) < 4.78 is 5.81. The van der Waals surface area contributed by atoms with Crippen LogP contribution in [0.4, 0.5) is 0 Å². The molecule has 1 aliphatic rings. The topological polar surface area (TPSA) is 24.5 Å². The molecule has 1 heterocycles. The van der Waals surface area contributed by atoms with Crippen LogP contribution < -0.4 is 5.32 Å². The number of rotatable bonds is 4. The van der Waals surface area contributed by atoms with Gasteiger partial charge in [-0.05, 0) is 12.6 Å². The van der Waals surface area contributed by atoms with Crippen molar-refractivity contribution in [3.8, 4) is 0 Å². The van der Waals surface area contributed by atoms with Gasteiger partial charge in [-0.2, -0.15) is 0 Å². The van der Waals surface area contributed by atoms with Crippen LogP contribution in [0.2, 0.25) is 0 Å². The normalized spacial score (nSPS) is 22.2. The molecule has 0 radical (unpaired) electrons. The fraction of sp³-hybridized carbons (Fsp3) is 0.538. The minimum absolute atomic E-state index is 0.242. The van der Waals surface area contributed by atoms with Crippen LogP contribution in [0.1, 0.15) is 11.7 Å². The molecule has 1 N–H and O–H groups in total. The van der Waals surface area contributed by atoms with Gasteiger partial charge < -0.3 is 10.1 Å². The molecule has 16 heavy (non-hydrogen) atoms. The standard InChI is InChI=1S/C13H20N2O/c1-14-7-8-15-9-10-16-13(11-15)12-5-3-2-4-6-12/h2-6,13-14H,7-11H2,1H3/t13-/m0/s1. The maximum Gasteiger partial charge on any atom is 0.0952 e. The average Bonchev–Trinajstić information content (AvgIpc) is 2.38. The van der Waals surface area contributed by atoms with Gasteiger partial charge in [-0.15, -0.1) is 0 Å². The third-order valence-corrected chi connectivity index (χ3v) is 3.00. The van der Waals surface area contributed by atoms with Crippen LogP contribution in [0, 0.1) is 0 Å². The molecule has 3 nitrogen and oxygen atoms in total. The average molecular weight is 220 g/mol. The lowest BCUT2D eigenvalue weighted by molar-refractivity contribution is -0.0293. The number of benzene rings is 1. The second-order valence-electron chi connectivity index (χ2n) is 4.17. The van der Waals surface area contributed by atoms with E-state index < -0.39 is 0 Å². The number of nitrogens with one attached hydrogen (secondary N) is 1. The Bertz CT molecular complexity index is 302. The molecule has 0 amide bonds. The Hall–Kier alpha value is -0.900. The molecule has 0 aromatic heterocycles. The number of hydrogen-bond donors (Lipinski definition) is 1. The van der Waals surface area contributed by atoms with Crippen molar-refractivity contribution in [2.45, 2.75) is 6.10 Å². The highest BCUT2D eigenvalue weighted by Gasteiger charge is 2.20. The van der Waals surface area contributed by atoms with Crippen LogP contribution in [0.15, 0.2) is 30.3 Å². The van der Waals surface area contributed by atoms with Gasteiger partial charge in [0.05, 0.1) is 12.7 Å². The molecule has 2 rings (SSSR count). The van der Waals surface area contributed by atoms with Gasteiger partial charge in [0.15, 0.2) is 0 Å². The van der Waals surface area contributed by atoms with E-state index in [2.05, 4.69) is 34.5 Å². The first-order chi connectivity index (χ1) is 7.90. The monoisotopic (exact) mass is 220 g/mol. The summed E-state index contributed by atoms with van der Waals surface area (Å²) >= 11 is 0. The van der Waals surface area contributed by atoms with Crippen molar-refractivity contribution < 1.29 is 4.74 Å². The third-order valence-electron chi connectivity index (χ3n) is 3.00. The molecule has 1 saturated heterocycles. The Morgan fingerprint density at radius 1 is 1.38 bits per heavy atom. The summed E-state index contributed by atoms with van der Waals surface area (Å²) in [6, 6.07) is 10.5. The zero-order valence-electron chi connectivity index (χ0n) is 9.86. The van der Waals surface area contributed by atoms with E-state index in [0.717, 1.165) is 32.8 Å². The zero-order valence-corrected chi connectivity index (χ0v) is 9.86. The predicted molar refractivity (Wildman–Crippen MR) is 65.5 cm³/mol. The highest BCUT2D eigenvalue weighted by molar-refractivity contribution is 5.18. The van der Waals surface area contributed by atoms with Gasteiger partial charge >= 0.3 is 0 Å². The molecule has 0 aliphatic carbocycles. The summed E-state index contributed by atoms with van der Waals surface area (Å²) in [7, 11) is 2.00. The molecule has 1 aromatic carbocycles. The lowest BCUT2D eigenvalue weighted by Crippen LogP contribution is -2.41. The molecule has 0 saturated carbocycles. The molecular formula is C13H20N2O. The molecule has 1 aromatic rings. The van der Waals surface area contributed by atoms with E-state index in [1.807, 2.05) is 13.1 Å². The first-order valence-corrected chi connectivity index (χ1v) is 5.93. The van der Waals surface area contributed by atoms with Crippen molar-refractivity contribution in [3.05, 3.63) is 35.9 Å². The van der Waals surface area contributed by atoms with E-state index in [0.29, 0.717) is 0 Å². The van der Waals surface area contributed by atoms with Gasteiger partial charge in [0.25, 0.3) is 0 Å². The Morgan fingerprint density at radius 2 is 2.19 bits per heavy atom. The highest BCUT2D eigenvalue weighted by Crippen LogP contribution is 2.21. The number of morpholine rings is 1. The van der Waals surface area contributed by atoms with Crippen molar-refractivity contribution in [2.24, 2.45) is 0 Å². The summed E-state index contributed by atoms with van der Waals surface area (Å²) in [4.78, 5) is 2.46. The predicted octanol–water partition coefficient (Wildman–Crippen LogP) is 1.28. The molecule has 0 unspecified atom stereocenters. The number of likely N-dealkylation sites (N-methyl/N-ethyl adjacent to an activating group) is 1. The highest BCUT2D eigenvalue weighted by atomic mass is 16.5. The lowest BCUT2D eigenvalue weighted by atomic mass is 10.1. The Labute approximate surface area is 97.4 Å². The second kappa shape index (κ2) is 5.99. The van der Waals surface area contributed by atoms with Crippen molar-refractivity contribution in [1.29, 1.82) is 0 Å². The van der Waals surface area contributed by atoms with Crippen molar-refractivity contribution in [2.75, 3.05) is 39.8 Å². The van der Waals surface area contributed by atoms with Gasteiger partial charge in [-0.25, -0.2) is 0 Å². The van der Waals surface area contributed by atoms with Crippen molar-refractivity contribution in [3.63, 3.8) is 0 Å². The number of nitrogens with zero attached hydrogens (tertiary/aromatic N) is 1. The van der Waals surface area contributed by atoms with Crippen LogP contribution in [0.5, 0.6) is 0 Å². The van der Waals surface area contributed by atoms with Gasteiger partial charge in [0.1, 0.15) is 0 Å². The molecule has 1 fully saturated rings. The maximum absolute atomic E-state index is 5.81. The van der Waals surface area contributed by atoms with Crippen LogP contribution >= 0.6 is 0 Å². The maximum atomic E-state index is 5.81. The summed E-state index contributed by atoms with van der Waals surface area (Å²) in [5, 5.41) is 3.19. The van der Waals surface area contributed by atoms with Crippen LogP contribution in [-0.4, -0.2) is 44.7 Å². The number of hydrogen-bond acceptors (Lipinski definition) is 3. The van der Waals surface area contributed by atoms with E-state index in [1.165, 1.54) is 5.56 Å². The van der Waals surface area contributed by atoms with E-state index in [-0.39, 0.29) is 6.10 Å². The van der Waals surface area contributed by atoms with Gasteiger partial charge in [-0.1, -0.05) is 30.3 Å². The summed E-state index contributed by atoms with van der Waals surface area (Å²) in [6.45, 7) is 5.03. The van der Waals surface area contributed by atoms with Gasteiger partial charge in [-0.3, -0.25) is 4.90 Å². The van der Waals surface area contributed by atoms with Gasteiger partial charge in [0.2, 0.25) is 0 Å². The molecule has 1 aliphatic heterocycles.